The van der Waals surface area contributed by atoms with Gasteiger partial charge in [-0.05, 0) is 57.3 Å². The summed E-state index contributed by atoms with van der Waals surface area (Å²) in [5.41, 5.74) is 0. The number of fused-ring (bicyclic) bond motifs is 1. The third kappa shape index (κ3) is 2.20. The van der Waals surface area contributed by atoms with E-state index in [0.29, 0.717) is 6.04 Å². The van der Waals surface area contributed by atoms with Crippen LogP contribution in [0, 0.1) is 17.8 Å². The summed E-state index contributed by atoms with van der Waals surface area (Å²) in [7, 11) is 0. The van der Waals surface area contributed by atoms with Crippen LogP contribution in [0.25, 0.3) is 0 Å². The van der Waals surface area contributed by atoms with E-state index in [1.807, 2.05) is 4.68 Å². The van der Waals surface area contributed by atoms with Gasteiger partial charge in [-0.15, -0.1) is 0 Å². The van der Waals surface area contributed by atoms with Crippen molar-refractivity contribution in [1.29, 1.82) is 0 Å². The first-order valence-electron chi connectivity index (χ1n) is 7.01. The van der Waals surface area contributed by atoms with Gasteiger partial charge < -0.3 is 5.32 Å². The summed E-state index contributed by atoms with van der Waals surface area (Å²) in [5.74, 6) is 4.06. The van der Waals surface area contributed by atoms with Crippen molar-refractivity contribution in [2.24, 2.45) is 17.8 Å². The second-order valence-corrected chi connectivity index (χ2v) is 6.09. The quantitative estimate of drug-likeness (QED) is 0.864. The molecule has 2 aliphatic carbocycles. The van der Waals surface area contributed by atoms with Crippen LogP contribution in [0.15, 0.2) is 12.3 Å². The zero-order valence-corrected chi connectivity index (χ0v) is 10.9. The van der Waals surface area contributed by atoms with Crippen LogP contribution in [0.5, 0.6) is 0 Å². The predicted octanol–water partition coefficient (Wildman–Crippen LogP) is 3.31. The van der Waals surface area contributed by atoms with Crippen molar-refractivity contribution in [3.8, 4) is 0 Å². The Morgan fingerprint density at radius 2 is 2.06 bits per heavy atom. The summed E-state index contributed by atoms with van der Waals surface area (Å²) >= 11 is 0. The van der Waals surface area contributed by atoms with E-state index in [2.05, 4.69) is 36.5 Å². The fraction of sp³-hybridized carbons (Fsp3) is 0.786. The lowest BCUT2D eigenvalue weighted by molar-refractivity contribution is 0.219. The van der Waals surface area contributed by atoms with Gasteiger partial charge in [-0.3, -0.25) is 4.68 Å². The Morgan fingerprint density at radius 1 is 1.35 bits per heavy atom. The van der Waals surface area contributed by atoms with Gasteiger partial charge in [0.05, 0.1) is 0 Å². The van der Waals surface area contributed by atoms with Crippen molar-refractivity contribution in [3.05, 3.63) is 12.3 Å². The van der Waals surface area contributed by atoms with Crippen molar-refractivity contribution in [1.82, 2.24) is 9.78 Å². The number of nitrogens with one attached hydrogen (secondary N) is 1. The molecule has 0 spiro atoms. The van der Waals surface area contributed by atoms with Gasteiger partial charge in [0, 0.05) is 24.8 Å². The molecule has 1 heterocycles. The van der Waals surface area contributed by atoms with Crippen LogP contribution in [0.4, 0.5) is 5.82 Å². The standard InChI is InChI=1S/C14H23N3/c1-10(2)17-6-5-14(16-17)15-9-11-7-12-3-4-13(12)8-11/h5-6,10-13H,3-4,7-9H2,1-2H3,(H,15,16)/t11?,12-,13+. The van der Waals surface area contributed by atoms with E-state index in [9.17, 15) is 0 Å². The molecule has 1 unspecified atom stereocenters. The lowest BCUT2D eigenvalue weighted by atomic mass is 9.77. The van der Waals surface area contributed by atoms with Gasteiger partial charge in [-0.1, -0.05) is 0 Å². The first kappa shape index (κ1) is 11.1. The van der Waals surface area contributed by atoms with Gasteiger partial charge in [0.15, 0.2) is 0 Å². The van der Waals surface area contributed by atoms with Gasteiger partial charge in [-0.2, -0.15) is 5.10 Å². The summed E-state index contributed by atoms with van der Waals surface area (Å²) in [6.45, 7) is 5.43. The summed E-state index contributed by atoms with van der Waals surface area (Å²) < 4.78 is 2.01. The Kier molecular flexibility index (Phi) is 2.85. The Bertz CT molecular complexity index is 371. The van der Waals surface area contributed by atoms with Crippen LogP contribution in [-0.4, -0.2) is 16.3 Å². The molecule has 0 saturated heterocycles. The van der Waals surface area contributed by atoms with Gasteiger partial charge in [0.1, 0.15) is 5.82 Å². The molecule has 3 nitrogen and oxygen atoms in total. The lowest BCUT2D eigenvalue weighted by Crippen LogP contribution is -2.18. The zero-order valence-electron chi connectivity index (χ0n) is 10.9. The summed E-state index contributed by atoms with van der Waals surface area (Å²) in [5, 5.41) is 8.03. The molecule has 1 aromatic heterocycles. The molecule has 0 bridgehead atoms. The van der Waals surface area contributed by atoms with E-state index >= 15 is 0 Å². The van der Waals surface area contributed by atoms with E-state index in [-0.39, 0.29) is 0 Å². The molecule has 2 aliphatic rings. The summed E-state index contributed by atoms with van der Waals surface area (Å²) in [6, 6.07) is 2.54. The maximum atomic E-state index is 4.53. The highest BCUT2D eigenvalue weighted by atomic mass is 15.3. The number of hydrogen-bond donors (Lipinski definition) is 1. The zero-order chi connectivity index (χ0) is 11.8. The van der Waals surface area contributed by atoms with E-state index in [1.165, 1.54) is 25.7 Å². The fourth-order valence-corrected chi connectivity index (χ4v) is 3.35. The number of anilines is 1. The van der Waals surface area contributed by atoms with Crippen molar-refractivity contribution in [2.45, 2.75) is 45.6 Å². The van der Waals surface area contributed by atoms with Gasteiger partial charge in [0.2, 0.25) is 0 Å². The average Bonchev–Trinajstić information content (AvgIpc) is 2.83. The number of nitrogens with zero attached hydrogens (tertiary/aromatic N) is 2. The minimum absolute atomic E-state index is 0.452. The minimum Gasteiger partial charge on any atom is -0.368 e. The smallest absolute Gasteiger partial charge is 0.148 e. The maximum absolute atomic E-state index is 4.53. The SMILES string of the molecule is CC(C)n1ccc(NCC2C[C@H]3CC[C@H]3C2)n1. The molecule has 0 aliphatic heterocycles. The molecule has 1 N–H and O–H groups in total. The number of hydrogen-bond acceptors (Lipinski definition) is 2. The molecule has 2 saturated carbocycles. The van der Waals surface area contributed by atoms with E-state index in [0.717, 1.165) is 30.1 Å². The summed E-state index contributed by atoms with van der Waals surface area (Å²) in [6.07, 6.45) is 7.93. The number of aromatic nitrogens is 2. The Balaban J connectivity index is 1.50. The molecular weight excluding hydrogens is 210 g/mol. The molecule has 3 rings (SSSR count). The van der Waals surface area contributed by atoms with Crippen LogP contribution >= 0.6 is 0 Å². The van der Waals surface area contributed by atoms with Crippen LogP contribution in [0.2, 0.25) is 0 Å². The molecule has 94 valence electrons. The molecule has 1 aromatic rings. The van der Waals surface area contributed by atoms with Gasteiger partial charge in [0.25, 0.3) is 0 Å². The average molecular weight is 233 g/mol. The van der Waals surface area contributed by atoms with E-state index in [1.54, 1.807) is 0 Å². The molecular formula is C14H23N3. The topological polar surface area (TPSA) is 29.9 Å². The Hall–Kier alpha value is -0.990. The molecule has 0 amide bonds. The molecule has 3 heteroatoms. The monoisotopic (exact) mass is 233 g/mol. The van der Waals surface area contributed by atoms with Gasteiger partial charge >= 0.3 is 0 Å². The van der Waals surface area contributed by atoms with Crippen molar-refractivity contribution in [3.63, 3.8) is 0 Å². The number of rotatable bonds is 4. The summed E-state index contributed by atoms with van der Waals surface area (Å²) in [4.78, 5) is 0. The normalized spacial score (nSPS) is 31.4. The molecule has 17 heavy (non-hydrogen) atoms. The molecule has 0 aromatic carbocycles. The van der Waals surface area contributed by atoms with Crippen LogP contribution in [0.1, 0.15) is 45.6 Å². The van der Waals surface area contributed by atoms with E-state index in [4.69, 9.17) is 0 Å². The molecule has 2 fully saturated rings. The Labute approximate surface area is 104 Å². The second kappa shape index (κ2) is 4.35. The largest absolute Gasteiger partial charge is 0.368 e. The maximum Gasteiger partial charge on any atom is 0.148 e. The van der Waals surface area contributed by atoms with Crippen molar-refractivity contribution >= 4 is 5.82 Å². The Morgan fingerprint density at radius 3 is 2.59 bits per heavy atom. The highest BCUT2D eigenvalue weighted by molar-refractivity contribution is 5.32. The third-order valence-corrected chi connectivity index (χ3v) is 4.56. The fourth-order valence-electron chi connectivity index (χ4n) is 3.35. The first-order chi connectivity index (χ1) is 8.22. The van der Waals surface area contributed by atoms with Gasteiger partial charge in [-0.25, -0.2) is 0 Å². The van der Waals surface area contributed by atoms with Crippen LogP contribution < -0.4 is 5.32 Å². The minimum atomic E-state index is 0.452. The van der Waals surface area contributed by atoms with Crippen molar-refractivity contribution in [2.75, 3.05) is 11.9 Å². The highest BCUT2D eigenvalue weighted by Crippen LogP contribution is 2.49. The first-order valence-corrected chi connectivity index (χ1v) is 7.01. The predicted molar refractivity (Wildman–Crippen MR) is 70.0 cm³/mol. The highest BCUT2D eigenvalue weighted by Gasteiger charge is 2.39. The van der Waals surface area contributed by atoms with Crippen molar-refractivity contribution < 1.29 is 0 Å². The third-order valence-electron chi connectivity index (χ3n) is 4.56. The van der Waals surface area contributed by atoms with Crippen LogP contribution in [0.3, 0.4) is 0 Å². The lowest BCUT2D eigenvalue weighted by Gasteiger charge is -2.29. The van der Waals surface area contributed by atoms with Crippen LogP contribution in [-0.2, 0) is 0 Å². The molecule has 3 atom stereocenters. The van der Waals surface area contributed by atoms with E-state index < -0.39 is 0 Å². The second-order valence-electron chi connectivity index (χ2n) is 6.09. The molecule has 0 radical (unpaired) electrons.